The molecule has 0 saturated carbocycles. The summed E-state index contributed by atoms with van der Waals surface area (Å²) in [5.74, 6) is 0. The van der Waals surface area contributed by atoms with Gasteiger partial charge in [0, 0.05) is 5.56 Å². The second kappa shape index (κ2) is 3.15. The van der Waals surface area contributed by atoms with Gasteiger partial charge in [-0.1, -0.05) is 21.4 Å². The van der Waals surface area contributed by atoms with Gasteiger partial charge in [-0.15, -0.1) is 0 Å². The maximum absolute atomic E-state index is 10.9. The first kappa shape index (κ1) is 8.42. The Morgan fingerprint density at radius 1 is 1.27 bits per heavy atom. The number of hydrogen-bond acceptors (Lipinski definition) is 1. The third-order valence-corrected chi connectivity index (χ3v) is 2.12. The highest BCUT2D eigenvalue weighted by atomic mass is 31.0. The summed E-state index contributed by atoms with van der Waals surface area (Å²) < 4.78 is 0. The molecule has 1 rings (SSSR count). The monoisotopic (exact) mass is 166 g/mol. The Hall–Kier alpha value is -0.680. The van der Waals surface area contributed by atoms with E-state index in [-0.39, 0.29) is 5.52 Å². The molecular weight excluding hydrogens is 155 g/mol. The lowest BCUT2D eigenvalue weighted by atomic mass is 10.1. The van der Waals surface area contributed by atoms with Crippen LogP contribution in [0.15, 0.2) is 18.2 Å². The van der Waals surface area contributed by atoms with Crippen LogP contribution in [0, 0.1) is 13.8 Å². The van der Waals surface area contributed by atoms with Gasteiger partial charge < -0.3 is 0 Å². The van der Waals surface area contributed by atoms with E-state index in [0.29, 0.717) is 0 Å². The zero-order valence-electron chi connectivity index (χ0n) is 6.72. The van der Waals surface area contributed by atoms with E-state index in [4.69, 9.17) is 0 Å². The van der Waals surface area contributed by atoms with Crippen LogP contribution in [0.5, 0.6) is 0 Å². The molecule has 0 spiro atoms. The minimum absolute atomic E-state index is 0.0492. The molecule has 1 unspecified atom stereocenters. The summed E-state index contributed by atoms with van der Waals surface area (Å²) in [5, 5.41) is 0. The van der Waals surface area contributed by atoms with Crippen LogP contribution in [0.4, 0.5) is 0 Å². The van der Waals surface area contributed by atoms with Crippen molar-refractivity contribution in [2.45, 2.75) is 13.8 Å². The van der Waals surface area contributed by atoms with Gasteiger partial charge in [-0.2, -0.15) is 0 Å². The first-order chi connectivity index (χ1) is 5.11. The van der Waals surface area contributed by atoms with Gasteiger partial charge >= 0.3 is 0 Å². The van der Waals surface area contributed by atoms with Gasteiger partial charge in [-0.25, -0.2) is 0 Å². The number of carbonyl (C=O) groups is 1. The normalized spacial score (nSPS) is 9.73. The van der Waals surface area contributed by atoms with Gasteiger partial charge in [0.2, 0.25) is 0 Å². The standard InChI is InChI=1S/C9H11OP/c1-6-3-4-8(9(10)11)5-7(6)2/h3-5H,11H2,1-2H3. The summed E-state index contributed by atoms with van der Waals surface area (Å²) in [5.41, 5.74) is 3.20. The lowest BCUT2D eigenvalue weighted by molar-refractivity contribution is 0.108. The van der Waals surface area contributed by atoms with Crippen molar-refractivity contribution in [3.63, 3.8) is 0 Å². The summed E-state index contributed by atoms with van der Waals surface area (Å²) >= 11 is 0. The van der Waals surface area contributed by atoms with E-state index >= 15 is 0 Å². The molecule has 0 amide bonds. The second-order valence-electron chi connectivity index (χ2n) is 2.66. The lowest BCUT2D eigenvalue weighted by Crippen LogP contribution is -1.89. The van der Waals surface area contributed by atoms with Crippen molar-refractivity contribution in [3.8, 4) is 0 Å². The summed E-state index contributed by atoms with van der Waals surface area (Å²) in [4.78, 5) is 10.9. The van der Waals surface area contributed by atoms with Gasteiger partial charge in [0.25, 0.3) is 0 Å². The Morgan fingerprint density at radius 3 is 2.36 bits per heavy atom. The summed E-state index contributed by atoms with van der Waals surface area (Å²) in [6.07, 6.45) is 0. The predicted molar refractivity (Wildman–Crippen MR) is 50.0 cm³/mol. The number of benzene rings is 1. The molecule has 0 fully saturated rings. The van der Waals surface area contributed by atoms with Crippen molar-refractivity contribution in [1.82, 2.24) is 0 Å². The highest BCUT2D eigenvalue weighted by Crippen LogP contribution is 2.12. The first-order valence-electron chi connectivity index (χ1n) is 3.48. The van der Waals surface area contributed by atoms with Crippen LogP contribution >= 0.6 is 9.24 Å². The van der Waals surface area contributed by atoms with Gasteiger partial charge in [0.15, 0.2) is 5.52 Å². The number of aryl methyl sites for hydroxylation is 2. The van der Waals surface area contributed by atoms with Gasteiger partial charge in [0.1, 0.15) is 0 Å². The molecule has 1 nitrogen and oxygen atoms in total. The molecule has 1 atom stereocenters. The van der Waals surface area contributed by atoms with E-state index in [1.165, 1.54) is 11.1 Å². The predicted octanol–water partition coefficient (Wildman–Crippen LogP) is 2.32. The van der Waals surface area contributed by atoms with E-state index in [1.807, 2.05) is 32.0 Å². The number of hydrogen-bond donors (Lipinski definition) is 0. The zero-order valence-corrected chi connectivity index (χ0v) is 7.87. The Morgan fingerprint density at radius 2 is 1.91 bits per heavy atom. The molecule has 0 aliphatic heterocycles. The van der Waals surface area contributed by atoms with Crippen LogP contribution in [0.1, 0.15) is 21.5 Å². The fourth-order valence-electron chi connectivity index (χ4n) is 0.895. The molecule has 0 N–H and O–H groups in total. The highest BCUT2D eigenvalue weighted by molar-refractivity contribution is 7.41. The smallest absolute Gasteiger partial charge is 0.178 e. The van der Waals surface area contributed by atoms with Gasteiger partial charge in [0.05, 0.1) is 0 Å². The van der Waals surface area contributed by atoms with Crippen LogP contribution in [0.2, 0.25) is 0 Å². The average molecular weight is 166 g/mol. The van der Waals surface area contributed by atoms with Crippen LogP contribution in [0.25, 0.3) is 0 Å². The molecule has 2 heteroatoms. The molecule has 0 saturated heterocycles. The molecule has 1 aromatic rings. The third-order valence-electron chi connectivity index (χ3n) is 1.79. The second-order valence-corrected chi connectivity index (χ2v) is 3.19. The van der Waals surface area contributed by atoms with Crippen LogP contribution in [-0.2, 0) is 0 Å². The highest BCUT2D eigenvalue weighted by Gasteiger charge is 1.99. The molecule has 0 aliphatic carbocycles. The van der Waals surface area contributed by atoms with E-state index in [0.717, 1.165) is 5.56 Å². The maximum Gasteiger partial charge on any atom is 0.178 e. The number of rotatable bonds is 1. The van der Waals surface area contributed by atoms with Crippen LogP contribution in [0.3, 0.4) is 0 Å². The summed E-state index contributed by atoms with van der Waals surface area (Å²) in [7, 11) is 2.17. The van der Waals surface area contributed by atoms with Gasteiger partial charge in [-0.05, 0) is 31.0 Å². The number of carbonyl (C=O) groups excluding carboxylic acids is 1. The van der Waals surface area contributed by atoms with Crippen molar-refractivity contribution >= 4 is 14.8 Å². The molecular formula is C9H11OP. The molecule has 0 aliphatic rings. The molecule has 0 aromatic heterocycles. The molecule has 0 radical (unpaired) electrons. The van der Waals surface area contributed by atoms with Gasteiger partial charge in [-0.3, -0.25) is 4.79 Å². The van der Waals surface area contributed by atoms with Crippen molar-refractivity contribution < 1.29 is 4.79 Å². The fourth-order valence-corrected chi connectivity index (χ4v) is 1.07. The summed E-state index contributed by atoms with van der Waals surface area (Å²) in [6.45, 7) is 4.04. The molecule has 1 aromatic carbocycles. The Kier molecular flexibility index (Phi) is 2.41. The van der Waals surface area contributed by atoms with Crippen molar-refractivity contribution in [3.05, 3.63) is 34.9 Å². The van der Waals surface area contributed by atoms with Crippen molar-refractivity contribution in [1.29, 1.82) is 0 Å². The quantitative estimate of drug-likeness (QED) is 0.585. The van der Waals surface area contributed by atoms with E-state index < -0.39 is 0 Å². The minimum Gasteiger partial charge on any atom is -0.290 e. The molecule has 0 bridgehead atoms. The topological polar surface area (TPSA) is 17.1 Å². The largest absolute Gasteiger partial charge is 0.290 e. The Balaban J connectivity index is 3.15. The van der Waals surface area contributed by atoms with E-state index in [2.05, 4.69) is 9.24 Å². The zero-order chi connectivity index (χ0) is 8.43. The Labute approximate surface area is 69.0 Å². The third kappa shape index (κ3) is 1.87. The Bertz CT molecular complexity index is 292. The maximum atomic E-state index is 10.9. The fraction of sp³-hybridized carbons (Fsp3) is 0.222. The minimum atomic E-state index is 0.0492. The average Bonchev–Trinajstić information content (AvgIpc) is 1.94. The molecule has 11 heavy (non-hydrogen) atoms. The summed E-state index contributed by atoms with van der Waals surface area (Å²) in [6, 6.07) is 5.72. The first-order valence-corrected chi connectivity index (χ1v) is 4.06. The molecule has 58 valence electrons. The van der Waals surface area contributed by atoms with E-state index in [1.54, 1.807) is 0 Å². The van der Waals surface area contributed by atoms with Crippen molar-refractivity contribution in [2.24, 2.45) is 0 Å². The van der Waals surface area contributed by atoms with Crippen LogP contribution < -0.4 is 0 Å². The SMILES string of the molecule is Cc1ccc(C(=O)P)cc1C. The van der Waals surface area contributed by atoms with E-state index in [9.17, 15) is 4.79 Å². The molecule has 0 heterocycles. The van der Waals surface area contributed by atoms with Crippen LogP contribution in [-0.4, -0.2) is 5.52 Å². The van der Waals surface area contributed by atoms with Crippen molar-refractivity contribution in [2.75, 3.05) is 0 Å². The lowest BCUT2D eigenvalue weighted by Gasteiger charge is -2.00.